The molecule has 6 nitrogen and oxygen atoms in total. The van der Waals surface area contributed by atoms with Crippen molar-refractivity contribution in [1.29, 1.82) is 0 Å². The summed E-state index contributed by atoms with van der Waals surface area (Å²) < 4.78 is 5.03. The number of nitrogens with zero attached hydrogens (tertiary/aromatic N) is 3. The highest BCUT2D eigenvalue weighted by Gasteiger charge is 2.10. The fourth-order valence-corrected chi connectivity index (χ4v) is 2.34. The summed E-state index contributed by atoms with van der Waals surface area (Å²) in [6, 6.07) is 12.6. The third-order valence-electron chi connectivity index (χ3n) is 3.30. The number of rotatable bonds is 5. The Kier molecular flexibility index (Phi) is 4.57. The molecule has 0 aliphatic heterocycles. The van der Waals surface area contributed by atoms with Crippen LogP contribution in [0.1, 0.15) is 5.56 Å². The fraction of sp³-hybridized carbons (Fsp3) is 0.188. The van der Waals surface area contributed by atoms with Crippen molar-refractivity contribution in [3.8, 4) is 11.4 Å². The van der Waals surface area contributed by atoms with Crippen molar-refractivity contribution >= 4 is 32.9 Å². The number of alkyl halides is 1. The Morgan fingerprint density at radius 2 is 1.87 bits per heavy atom. The molecule has 0 fully saturated rings. The van der Waals surface area contributed by atoms with Crippen molar-refractivity contribution in [2.45, 2.75) is 6.42 Å². The summed E-state index contributed by atoms with van der Waals surface area (Å²) in [5.74, 6) is -0.212. The molecule has 2 aromatic carbocycles. The zero-order valence-corrected chi connectivity index (χ0v) is 13.7. The average Bonchev–Trinajstić information content (AvgIpc) is 3.00. The van der Waals surface area contributed by atoms with Crippen LogP contribution in [0.15, 0.2) is 42.5 Å². The largest absolute Gasteiger partial charge is 0.506 e. The summed E-state index contributed by atoms with van der Waals surface area (Å²) in [6.07, 6.45) is 0.548. The van der Waals surface area contributed by atoms with E-state index in [0.29, 0.717) is 12.1 Å². The van der Waals surface area contributed by atoms with Crippen molar-refractivity contribution in [3.63, 3.8) is 0 Å². The molecule has 0 aliphatic carbocycles. The fourth-order valence-electron chi connectivity index (χ4n) is 2.17. The zero-order valence-electron chi connectivity index (χ0n) is 12.1. The van der Waals surface area contributed by atoms with Gasteiger partial charge in [-0.25, -0.2) is 0 Å². The normalized spacial score (nSPS) is 10.8. The van der Waals surface area contributed by atoms with Crippen molar-refractivity contribution in [2.24, 2.45) is 0 Å². The first-order valence-electron chi connectivity index (χ1n) is 7.03. The third-order valence-corrected chi connectivity index (χ3v) is 3.76. The maximum atomic E-state index is 11.1. The van der Waals surface area contributed by atoms with E-state index < -0.39 is 0 Å². The van der Waals surface area contributed by atoms with Crippen molar-refractivity contribution < 1.29 is 14.6 Å². The average molecular weight is 376 g/mol. The predicted octanol–water partition coefficient (Wildman–Crippen LogP) is 2.61. The van der Waals surface area contributed by atoms with E-state index in [0.717, 1.165) is 16.6 Å². The number of ether oxygens (including phenoxy) is 1. The molecule has 1 N–H and O–H groups in total. The van der Waals surface area contributed by atoms with Gasteiger partial charge in [-0.15, -0.1) is 15.0 Å². The molecule has 118 valence electrons. The molecule has 3 rings (SSSR count). The smallest absolute Gasteiger partial charge is 0.316 e. The minimum Gasteiger partial charge on any atom is -0.506 e. The second-order valence-corrected chi connectivity index (χ2v) is 5.47. The second kappa shape index (κ2) is 6.78. The van der Waals surface area contributed by atoms with E-state index in [-0.39, 0.29) is 23.7 Å². The molecular weight excluding hydrogens is 362 g/mol. The van der Waals surface area contributed by atoms with Crippen LogP contribution in [-0.4, -0.2) is 38.0 Å². The van der Waals surface area contributed by atoms with Gasteiger partial charge in [0.15, 0.2) is 0 Å². The lowest BCUT2D eigenvalue weighted by molar-refractivity contribution is -0.140. The molecule has 0 radical (unpaired) electrons. The van der Waals surface area contributed by atoms with Crippen LogP contribution in [0.25, 0.3) is 16.7 Å². The van der Waals surface area contributed by atoms with Crippen LogP contribution < -0.4 is 0 Å². The Hall–Kier alpha value is -2.41. The van der Waals surface area contributed by atoms with Crippen LogP contribution in [0.4, 0.5) is 0 Å². The topological polar surface area (TPSA) is 77.2 Å². The van der Waals surface area contributed by atoms with Gasteiger partial charge in [-0.1, -0.05) is 34.1 Å². The molecule has 7 heteroatoms. The number of halogens is 1. The van der Waals surface area contributed by atoms with Gasteiger partial charge in [-0.3, -0.25) is 4.79 Å². The van der Waals surface area contributed by atoms with Gasteiger partial charge in [-0.05, 0) is 29.8 Å². The highest BCUT2D eigenvalue weighted by Crippen LogP contribution is 2.23. The van der Waals surface area contributed by atoms with Crippen molar-refractivity contribution in [2.75, 3.05) is 11.9 Å². The number of carbonyl (C=O) groups is 1. The van der Waals surface area contributed by atoms with Gasteiger partial charge >= 0.3 is 5.97 Å². The first-order valence-corrected chi connectivity index (χ1v) is 8.15. The molecular formula is C16H14BrN3O3. The number of aromatic hydroxyl groups is 1. The molecule has 1 heterocycles. The Morgan fingerprint density at radius 3 is 2.52 bits per heavy atom. The number of phenolic OH excluding ortho intramolecular Hbond substituents is 1. The summed E-state index contributed by atoms with van der Waals surface area (Å²) in [5, 5.41) is 19.0. The number of carbonyl (C=O) groups excluding carboxylic acids is 1. The maximum Gasteiger partial charge on any atom is 0.316 e. The quantitative estimate of drug-likeness (QED) is 0.547. The number of benzene rings is 2. The van der Waals surface area contributed by atoms with E-state index in [1.165, 1.54) is 4.80 Å². The minimum atomic E-state index is -0.302. The number of aromatic nitrogens is 3. The van der Waals surface area contributed by atoms with Gasteiger partial charge in [0.05, 0.1) is 6.61 Å². The molecule has 0 spiro atoms. The molecule has 3 aromatic rings. The van der Waals surface area contributed by atoms with Crippen LogP contribution in [-0.2, 0) is 16.0 Å². The van der Waals surface area contributed by atoms with Crippen LogP contribution in [0.5, 0.6) is 5.75 Å². The predicted molar refractivity (Wildman–Crippen MR) is 89.0 cm³/mol. The van der Waals surface area contributed by atoms with Gasteiger partial charge in [0.25, 0.3) is 0 Å². The summed E-state index contributed by atoms with van der Waals surface area (Å²) in [6.45, 7) is 0.281. The first kappa shape index (κ1) is 15.5. The standard InChI is InChI=1S/C16H14BrN3O3/c17-10-16(22)23-8-7-11-5-6-15(21)14(9-11)20-18-12-3-1-2-4-13(12)19-20/h1-6,9,21H,7-8,10H2. The SMILES string of the molecule is O=C(CBr)OCCc1ccc(O)c(-n2nc3ccccc3n2)c1. The molecule has 0 amide bonds. The molecule has 0 atom stereocenters. The lowest BCUT2D eigenvalue weighted by Crippen LogP contribution is -2.08. The number of phenols is 1. The lowest BCUT2D eigenvalue weighted by Gasteiger charge is -2.07. The van der Waals surface area contributed by atoms with E-state index in [2.05, 4.69) is 26.1 Å². The number of hydrogen-bond donors (Lipinski definition) is 1. The second-order valence-electron chi connectivity index (χ2n) is 4.91. The molecule has 0 aliphatic rings. The Balaban J connectivity index is 1.84. The van der Waals surface area contributed by atoms with Gasteiger partial charge in [0.2, 0.25) is 0 Å². The van der Waals surface area contributed by atoms with Crippen LogP contribution in [0, 0.1) is 0 Å². The highest BCUT2D eigenvalue weighted by molar-refractivity contribution is 9.09. The maximum absolute atomic E-state index is 11.1. The zero-order chi connectivity index (χ0) is 16.2. The molecule has 0 bridgehead atoms. The number of esters is 1. The van der Waals surface area contributed by atoms with Crippen LogP contribution >= 0.6 is 15.9 Å². The summed E-state index contributed by atoms with van der Waals surface area (Å²) in [7, 11) is 0. The van der Waals surface area contributed by atoms with E-state index >= 15 is 0 Å². The minimum absolute atomic E-state index is 0.0894. The van der Waals surface area contributed by atoms with Gasteiger partial charge < -0.3 is 9.84 Å². The molecule has 0 saturated heterocycles. The third kappa shape index (κ3) is 3.50. The molecule has 0 unspecified atom stereocenters. The van der Waals surface area contributed by atoms with E-state index in [9.17, 15) is 9.90 Å². The monoisotopic (exact) mass is 375 g/mol. The summed E-state index contributed by atoms with van der Waals surface area (Å²) in [5.41, 5.74) is 2.92. The first-order chi connectivity index (χ1) is 11.2. The van der Waals surface area contributed by atoms with Gasteiger partial charge in [0, 0.05) is 6.42 Å². The lowest BCUT2D eigenvalue weighted by atomic mass is 10.1. The Bertz CT molecular complexity index is 814. The van der Waals surface area contributed by atoms with Gasteiger partial charge in [0.1, 0.15) is 27.8 Å². The van der Waals surface area contributed by atoms with E-state index in [1.54, 1.807) is 18.2 Å². The molecule has 23 heavy (non-hydrogen) atoms. The van der Waals surface area contributed by atoms with Crippen molar-refractivity contribution in [3.05, 3.63) is 48.0 Å². The van der Waals surface area contributed by atoms with Crippen LogP contribution in [0.3, 0.4) is 0 Å². The highest BCUT2D eigenvalue weighted by atomic mass is 79.9. The Morgan fingerprint density at radius 1 is 1.17 bits per heavy atom. The molecule has 0 saturated carbocycles. The summed E-state index contributed by atoms with van der Waals surface area (Å²) in [4.78, 5) is 12.5. The van der Waals surface area contributed by atoms with Crippen LogP contribution in [0.2, 0.25) is 0 Å². The van der Waals surface area contributed by atoms with E-state index in [4.69, 9.17) is 4.74 Å². The van der Waals surface area contributed by atoms with Crippen molar-refractivity contribution in [1.82, 2.24) is 15.0 Å². The molecule has 1 aromatic heterocycles. The summed E-state index contributed by atoms with van der Waals surface area (Å²) >= 11 is 3.04. The Labute approximate surface area is 140 Å². The number of hydrogen-bond acceptors (Lipinski definition) is 5. The number of fused-ring (bicyclic) bond motifs is 1. The van der Waals surface area contributed by atoms with Gasteiger partial charge in [-0.2, -0.15) is 0 Å². The van der Waals surface area contributed by atoms with E-state index in [1.807, 2.05) is 24.3 Å².